The van der Waals surface area contributed by atoms with E-state index in [2.05, 4.69) is 19.9 Å². The van der Waals surface area contributed by atoms with Gasteiger partial charge in [0.25, 0.3) is 5.56 Å². The molecule has 0 saturated carbocycles. The molecule has 3 aromatic rings. The molecule has 1 unspecified atom stereocenters. The topological polar surface area (TPSA) is 107 Å². The van der Waals surface area contributed by atoms with E-state index in [1.165, 1.54) is 13.4 Å². The molecular weight excluding hydrogens is 292 g/mol. The summed E-state index contributed by atoms with van der Waals surface area (Å²) in [5, 5.41) is 0. The van der Waals surface area contributed by atoms with Gasteiger partial charge in [-0.3, -0.25) is 4.79 Å². The minimum absolute atomic E-state index is 0.288. The van der Waals surface area contributed by atoms with Crippen LogP contribution in [0.1, 0.15) is 0 Å². The summed E-state index contributed by atoms with van der Waals surface area (Å²) in [7, 11) is 1.52. The van der Waals surface area contributed by atoms with Gasteiger partial charge < -0.3 is 19.3 Å². The van der Waals surface area contributed by atoms with Gasteiger partial charge in [-0.1, -0.05) is 0 Å². The highest BCUT2D eigenvalue weighted by molar-refractivity contribution is 7.90. The van der Waals surface area contributed by atoms with Crippen LogP contribution in [0.4, 0.5) is 0 Å². The SMILES string of the molecule is COc1cc([S+](C)[O-])ccc1-c1nc2nc[nH]c(=O)c2[nH]1. The van der Waals surface area contributed by atoms with Crippen molar-refractivity contribution < 1.29 is 9.29 Å². The number of fused-ring (bicyclic) bond motifs is 1. The number of rotatable bonds is 3. The van der Waals surface area contributed by atoms with E-state index < -0.39 is 11.2 Å². The number of imidazole rings is 1. The smallest absolute Gasteiger partial charge is 0.276 e. The zero-order chi connectivity index (χ0) is 15.0. The largest absolute Gasteiger partial charge is 0.612 e. The molecule has 2 aromatic heterocycles. The van der Waals surface area contributed by atoms with Crippen molar-refractivity contribution >= 4 is 22.3 Å². The van der Waals surface area contributed by atoms with E-state index in [-0.39, 0.29) is 5.56 Å². The Morgan fingerprint density at radius 1 is 1.38 bits per heavy atom. The van der Waals surface area contributed by atoms with Gasteiger partial charge in [0.05, 0.1) is 19.0 Å². The molecule has 0 spiro atoms. The van der Waals surface area contributed by atoms with Gasteiger partial charge >= 0.3 is 0 Å². The molecule has 0 saturated heterocycles. The number of H-pyrrole nitrogens is 2. The first-order valence-electron chi connectivity index (χ1n) is 6.05. The molecule has 0 aliphatic heterocycles. The zero-order valence-corrected chi connectivity index (χ0v) is 12.2. The number of aromatic amines is 2. The number of nitrogens with one attached hydrogen (secondary N) is 2. The van der Waals surface area contributed by atoms with Crippen LogP contribution in [-0.2, 0) is 11.2 Å². The van der Waals surface area contributed by atoms with Crippen molar-refractivity contribution in [1.82, 2.24) is 19.9 Å². The third kappa shape index (κ3) is 2.39. The second-order valence-corrected chi connectivity index (χ2v) is 5.71. The molecule has 2 heterocycles. The Morgan fingerprint density at radius 2 is 2.19 bits per heavy atom. The standard InChI is InChI=1S/C13H12N4O3S/c1-20-9-5-7(21(2)19)3-4-8(9)11-16-10-12(17-11)14-6-15-13(10)18/h3-6H,1-2H3,(H2,14,15,16,17,18). The molecule has 7 nitrogen and oxygen atoms in total. The molecule has 0 radical (unpaired) electrons. The van der Waals surface area contributed by atoms with Crippen molar-refractivity contribution in [2.24, 2.45) is 0 Å². The first-order chi connectivity index (χ1) is 10.1. The predicted octanol–water partition coefficient (Wildman–Crippen LogP) is 1.06. The van der Waals surface area contributed by atoms with Gasteiger partial charge in [-0.25, -0.2) is 9.97 Å². The Morgan fingerprint density at radius 3 is 2.86 bits per heavy atom. The van der Waals surface area contributed by atoms with E-state index in [0.29, 0.717) is 33.2 Å². The van der Waals surface area contributed by atoms with Gasteiger partial charge in [-0.2, -0.15) is 0 Å². The minimum atomic E-state index is -1.10. The molecule has 0 aliphatic rings. The Balaban J connectivity index is 2.18. The Bertz CT molecular complexity index is 856. The van der Waals surface area contributed by atoms with Crippen LogP contribution in [0.2, 0.25) is 0 Å². The normalized spacial score (nSPS) is 12.5. The van der Waals surface area contributed by atoms with Crippen LogP contribution in [0, 0.1) is 0 Å². The van der Waals surface area contributed by atoms with Crippen molar-refractivity contribution in [3.63, 3.8) is 0 Å². The van der Waals surface area contributed by atoms with Gasteiger partial charge in [-0.05, 0) is 23.3 Å². The van der Waals surface area contributed by atoms with Crippen molar-refractivity contribution in [3.8, 4) is 17.1 Å². The maximum atomic E-state index is 11.7. The lowest BCUT2D eigenvalue weighted by atomic mass is 10.2. The Hall–Kier alpha value is -2.32. The Kier molecular flexibility index (Phi) is 3.40. The molecule has 0 fully saturated rings. The minimum Gasteiger partial charge on any atom is -0.612 e. The fourth-order valence-corrected chi connectivity index (χ4v) is 2.55. The third-order valence-corrected chi connectivity index (χ3v) is 3.97. The molecule has 3 rings (SSSR count). The van der Waals surface area contributed by atoms with Crippen molar-refractivity contribution in [1.29, 1.82) is 0 Å². The number of benzene rings is 1. The molecule has 1 aromatic carbocycles. The van der Waals surface area contributed by atoms with E-state index in [4.69, 9.17) is 4.74 Å². The third-order valence-electron chi connectivity index (χ3n) is 3.05. The average molecular weight is 304 g/mol. The zero-order valence-electron chi connectivity index (χ0n) is 11.3. The van der Waals surface area contributed by atoms with Crippen molar-refractivity contribution in [2.45, 2.75) is 4.90 Å². The first-order valence-corrected chi connectivity index (χ1v) is 7.61. The quantitative estimate of drug-likeness (QED) is 0.704. The highest BCUT2D eigenvalue weighted by Crippen LogP contribution is 2.30. The van der Waals surface area contributed by atoms with E-state index in [1.54, 1.807) is 24.5 Å². The van der Waals surface area contributed by atoms with Crippen LogP contribution in [0.15, 0.2) is 34.2 Å². The van der Waals surface area contributed by atoms with Gasteiger partial charge in [-0.15, -0.1) is 0 Å². The lowest BCUT2D eigenvalue weighted by Gasteiger charge is -2.09. The van der Waals surface area contributed by atoms with Crippen LogP contribution in [-0.4, -0.2) is 37.9 Å². The summed E-state index contributed by atoms with van der Waals surface area (Å²) in [6.07, 6.45) is 2.90. The second kappa shape index (κ2) is 5.23. The number of aromatic nitrogens is 4. The Labute approximate surface area is 122 Å². The highest BCUT2D eigenvalue weighted by atomic mass is 32.2. The van der Waals surface area contributed by atoms with Crippen molar-refractivity contribution in [2.75, 3.05) is 13.4 Å². The monoisotopic (exact) mass is 304 g/mol. The van der Waals surface area contributed by atoms with Crippen LogP contribution in [0.25, 0.3) is 22.6 Å². The number of methoxy groups -OCH3 is 1. The predicted molar refractivity (Wildman–Crippen MR) is 78.8 cm³/mol. The summed E-state index contributed by atoms with van der Waals surface area (Å²) in [6, 6.07) is 5.18. The number of hydrogen-bond donors (Lipinski definition) is 2. The molecule has 0 aliphatic carbocycles. The fourth-order valence-electron chi connectivity index (χ4n) is 2.01. The maximum absolute atomic E-state index is 11.7. The van der Waals surface area contributed by atoms with Crippen LogP contribution in [0.3, 0.4) is 0 Å². The fraction of sp³-hybridized carbons (Fsp3) is 0.154. The summed E-state index contributed by atoms with van der Waals surface area (Å²) in [5.74, 6) is 0.998. The summed E-state index contributed by atoms with van der Waals surface area (Å²) in [5.41, 5.74) is 1.02. The van der Waals surface area contributed by atoms with E-state index in [9.17, 15) is 9.35 Å². The molecule has 8 heteroatoms. The number of hydrogen-bond acceptors (Lipinski definition) is 5. The molecule has 1 atom stereocenters. The highest BCUT2D eigenvalue weighted by Gasteiger charge is 2.15. The van der Waals surface area contributed by atoms with E-state index in [0.717, 1.165) is 0 Å². The summed E-state index contributed by atoms with van der Waals surface area (Å²) < 4.78 is 16.8. The van der Waals surface area contributed by atoms with E-state index >= 15 is 0 Å². The van der Waals surface area contributed by atoms with Crippen LogP contribution in [0.5, 0.6) is 5.75 Å². The molecule has 21 heavy (non-hydrogen) atoms. The van der Waals surface area contributed by atoms with Gasteiger partial charge in [0.15, 0.2) is 16.1 Å². The first kappa shape index (κ1) is 13.7. The molecule has 0 amide bonds. The number of ether oxygens (including phenoxy) is 1. The second-order valence-electron chi connectivity index (χ2n) is 4.33. The van der Waals surface area contributed by atoms with Gasteiger partial charge in [0.1, 0.15) is 17.8 Å². The lowest BCUT2D eigenvalue weighted by Crippen LogP contribution is -2.05. The van der Waals surface area contributed by atoms with Crippen molar-refractivity contribution in [3.05, 3.63) is 34.9 Å². The number of nitrogens with zero attached hydrogens (tertiary/aromatic N) is 2. The molecular formula is C13H12N4O3S. The average Bonchev–Trinajstić information content (AvgIpc) is 2.91. The molecule has 0 bridgehead atoms. The van der Waals surface area contributed by atoms with Gasteiger partial charge in [0.2, 0.25) is 0 Å². The summed E-state index contributed by atoms with van der Waals surface area (Å²) in [4.78, 5) is 26.0. The summed E-state index contributed by atoms with van der Waals surface area (Å²) >= 11 is -1.10. The molecule has 2 N–H and O–H groups in total. The van der Waals surface area contributed by atoms with E-state index in [1.807, 2.05) is 0 Å². The lowest BCUT2D eigenvalue weighted by molar-refractivity contribution is 0.415. The summed E-state index contributed by atoms with van der Waals surface area (Å²) in [6.45, 7) is 0. The van der Waals surface area contributed by atoms with Crippen LogP contribution >= 0.6 is 0 Å². The maximum Gasteiger partial charge on any atom is 0.276 e. The van der Waals surface area contributed by atoms with Gasteiger partial charge in [0, 0.05) is 6.07 Å². The molecule has 108 valence electrons. The van der Waals surface area contributed by atoms with Crippen LogP contribution < -0.4 is 10.3 Å².